The predicted octanol–water partition coefficient (Wildman–Crippen LogP) is -2.07. The van der Waals surface area contributed by atoms with Crippen LogP contribution in [-0.2, 0) is 15.1 Å². The van der Waals surface area contributed by atoms with Crippen LogP contribution in [0.4, 0.5) is 5.69 Å². The first-order chi connectivity index (χ1) is 11.9. The maximum Gasteiger partial charge on any atom is 0.266 e. The minimum Gasteiger partial charge on any atom is -0.394 e. The van der Waals surface area contributed by atoms with Crippen LogP contribution in [-0.4, -0.2) is 68.7 Å². The van der Waals surface area contributed by atoms with Gasteiger partial charge in [0, 0.05) is 5.56 Å². The summed E-state index contributed by atoms with van der Waals surface area (Å²) in [5, 5.41) is 59.1. The summed E-state index contributed by atoms with van der Waals surface area (Å²) in [4.78, 5) is 13.8. The molecule has 25 heavy (non-hydrogen) atoms. The van der Waals surface area contributed by atoms with Crippen molar-refractivity contribution in [3.05, 3.63) is 29.8 Å². The van der Waals surface area contributed by atoms with E-state index in [0.29, 0.717) is 0 Å². The van der Waals surface area contributed by atoms with Crippen molar-refractivity contribution in [3.8, 4) is 6.07 Å². The molecule has 0 saturated carbocycles. The quantitative estimate of drug-likeness (QED) is 0.417. The van der Waals surface area contributed by atoms with E-state index in [2.05, 4.69) is 0 Å². The van der Waals surface area contributed by atoms with E-state index in [-0.39, 0.29) is 11.3 Å². The number of ether oxygens (including phenoxy) is 1. The van der Waals surface area contributed by atoms with Gasteiger partial charge in [0.05, 0.1) is 24.8 Å². The summed E-state index contributed by atoms with van der Waals surface area (Å²) in [6.45, 7) is -0.645. The molecular weight excluding hydrogens is 332 g/mol. The van der Waals surface area contributed by atoms with Gasteiger partial charge in [0.2, 0.25) is 0 Å². The van der Waals surface area contributed by atoms with Gasteiger partial charge in [-0.3, -0.25) is 9.69 Å². The molecule has 3 rings (SSSR count). The Labute approximate surface area is 142 Å². The Morgan fingerprint density at radius 1 is 1.20 bits per heavy atom. The lowest BCUT2D eigenvalue weighted by atomic mass is 9.92. The second kappa shape index (κ2) is 6.34. The molecule has 2 heterocycles. The molecular formula is C16H18N2O7. The highest BCUT2D eigenvalue weighted by Crippen LogP contribution is 2.44. The Morgan fingerprint density at radius 2 is 1.88 bits per heavy atom. The lowest BCUT2D eigenvalue weighted by Crippen LogP contribution is -2.64. The molecule has 5 N–H and O–H groups in total. The SMILES string of the molecule is N#CCC1(O)C(=O)N([C@@H]2O[C@H](CO)[C@@H](O)[C@H](O)[C@H]2O)c2ccccc21. The Bertz CT molecular complexity index is 719. The number of rotatable bonds is 3. The van der Waals surface area contributed by atoms with Gasteiger partial charge in [0.1, 0.15) is 24.4 Å². The van der Waals surface area contributed by atoms with Crippen molar-refractivity contribution in [1.29, 1.82) is 5.26 Å². The van der Waals surface area contributed by atoms with E-state index in [9.17, 15) is 30.3 Å². The van der Waals surface area contributed by atoms with E-state index >= 15 is 0 Å². The largest absolute Gasteiger partial charge is 0.394 e. The number of aliphatic hydroxyl groups excluding tert-OH is 4. The number of nitriles is 1. The Balaban J connectivity index is 2.05. The molecule has 0 radical (unpaired) electrons. The van der Waals surface area contributed by atoms with E-state index in [1.54, 1.807) is 18.2 Å². The Kier molecular flexibility index (Phi) is 4.51. The fourth-order valence-electron chi connectivity index (χ4n) is 3.29. The maximum atomic E-state index is 12.8. The summed E-state index contributed by atoms with van der Waals surface area (Å²) in [6.07, 6.45) is -8.07. The molecule has 1 fully saturated rings. The Hall–Kier alpha value is -2.06. The van der Waals surface area contributed by atoms with Crippen LogP contribution in [0.1, 0.15) is 12.0 Å². The van der Waals surface area contributed by atoms with Crippen molar-refractivity contribution in [1.82, 2.24) is 0 Å². The van der Waals surface area contributed by atoms with Crippen molar-refractivity contribution in [2.24, 2.45) is 0 Å². The summed E-state index contributed by atoms with van der Waals surface area (Å²) in [5.74, 6) is -0.889. The van der Waals surface area contributed by atoms with Crippen molar-refractivity contribution in [3.63, 3.8) is 0 Å². The molecule has 1 aromatic carbocycles. The average molecular weight is 350 g/mol. The number of fused-ring (bicyclic) bond motifs is 1. The van der Waals surface area contributed by atoms with Crippen molar-refractivity contribution >= 4 is 11.6 Å². The summed E-state index contributed by atoms with van der Waals surface area (Å²) >= 11 is 0. The molecule has 6 atom stereocenters. The van der Waals surface area contributed by atoms with Gasteiger partial charge in [-0.05, 0) is 6.07 Å². The fourth-order valence-corrected chi connectivity index (χ4v) is 3.29. The molecule has 134 valence electrons. The zero-order valence-corrected chi connectivity index (χ0v) is 13.1. The zero-order valence-electron chi connectivity index (χ0n) is 13.1. The minimum atomic E-state index is -2.11. The van der Waals surface area contributed by atoms with Crippen LogP contribution in [0.3, 0.4) is 0 Å². The van der Waals surface area contributed by atoms with Gasteiger partial charge < -0.3 is 30.3 Å². The summed E-state index contributed by atoms with van der Waals surface area (Å²) in [5.41, 5.74) is -1.71. The third kappa shape index (κ3) is 2.51. The van der Waals surface area contributed by atoms with Crippen LogP contribution >= 0.6 is 0 Å². The number of para-hydroxylation sites is 1. The standard InChI is InChI=1S/C16H18N2O7/c17-6-5-16(24)8-3-1-2-4-9(8)18(15(16)23)14-13(22)12(21)11(20)10(7-19)25-14/h1-4,10-14,19-22,24H,5,7H2/t10-,11-,12+,13-,14-,16?/m1/s1. The smallest absolute Gasteiger partial charge is 0.266 e. The normalized spacial score (nSPS) is 37.7. The molecule has 2 aliphatic heterocycles. The second-order valence-corrected chi connectivity index (χ2v) is 6.11. The van der Waals surface area contributed by atoms with Crippen LogP contribution in [0.5, 0.6) is 0 Å². The molecule has 0 spiro atoms. The van der Waals surface area contributed by atoms with E-state index in [0.717, 1.165) is 4.90 Å². The maximum absolute atomic E-state index is 12.8. The summed E-state index contributed by atoms with van der Waals surface area (Å²) in [6, 6.07) is 7.93. The van der Waals surface area contributed by atoms with E-state index < -0.39 is 55.2 Å². The van der Waals surface area contributed by atoms with Crippen LogP contribution in [0.15, 0.2) is 24.3 Å². The molecule has 0 aliphatic carbocycles. The number of amides is 1. The van der Waals surface area contributed by atoms with Crippen LogP contribution < -0.4 is 4.90 Å². The average Bonchev–Trinajstić information content (AvgIpc) is 2.82. The molecule has 1 unspecified atom stereocenters. The number of carbonyl (C=O) groups is 1. The van der Waals surface area contributed by atoms with E-state index in [1.807, 2.05) is 0 Å². The van der Waals surface area contributed by atoms with Gasteiger partial charge in [0.25, 0.3) is 5.91 Å². The minimum absolute atomic E-state index is 0.179. The van der Waals surface area contributed by atoms with Crippen molar-refractivity contribution < 1.29 is 35.1 Å². The molecule has 1 saturated heterocycles. The summed E-state index contributed by atoms with van der Waals surface area (Å²) in [7, 11) is 0. The predicted molar refractivity (Wildman–Crippen MR) is 81.8 cm³/mol. The number of hydrogen-bond donors (Lipinski definition) is 5. The monoisotopic (exact) mass is 350 g/mol. The molecule has 1 aromatic rings. The number of hydrogen-bond acceptors (Lipinski definition) is 8. The van der Waals surface area contributed by atoms with Crippen molar-refractivity contribution in [2.45, 2.75) is 42.7 Å². The third-order valence-electron chi connectivity index (χ3n) is 4.64. The number of benzene rings is 1. The lowest BCUT2D eigenvalue weighted by molar-refractivity contribution is -0.229. The first kappa shape index (κ1) is 17.8. The summed E-state index contributed by atoms with van der Waals surface area (Å²) < 4.78 is 5.41. The molecule has 0 bridgehead atoms. The number of aliphatic hydroxyl groups is 5. The topological polar surface area (TPSA) is 154 Å². The second-order valence-electron chi connectivity index (χ2n) is 6.11. The van der Waals surface area contributed by atoms with Gasteiger partial charge >= 0.3 is 0 Å². The van der Waals surface area contributed by atoms with Gasteiger partial charge in [-0.15, -0.1) is 0 Å². The molecule has 2 aliphatic rings. The highest BCUT2D eigenvalue weighted by molar-refractivity contribution is 6.07. The number of nitrogens with zero attached hydrogens (tertiary/aromatic N) is 2. The van der Waals surface area contributed by atoms with Crippen LogP contribution in [0.2, 0.25) is 0 Å². The van der Waals surface area contributed by atoms with Crippen molar-refractivity contribution in [2.75, 3.05) is 11.5 Å². The Morgan fingerprint density at radius 3 is 2.52 bits per heavy atom. The molecule has 1 amide bonds. The van der Waals surface area contributed by atoms with Gasteiger partial charge in [-0.1, -0.05) is 18.2 Å². The van der Waals surface area contributed by atoms with E-state index in [1.165, 1.54) is 12.1 Å². The number of anilines is 1. The fraction of sp³-hybridized carbons (Fsp3) is 0.500. The molecule has 9 heteroatoms. The number of carbonyl (C=O) groups excluding carboxylic acids is 1. The molecule has 0 aromatic heterocycles. The van der Waals surface area contributed by atoms with E-state index in [4.69, 9.17) is 10.00 Å². The van der Waals surface area contributed by atoms with Gasteiger partial charge in [-0.2, -0.15) is 5.26 Å². The van der Waals surface area contributed by atoms with Crippen LogP contribution in [0, 0.1) is 11.3 Å². The molecule has 9 nitrogen and oxygen atoms in total. The zero-order chi connectivity index (χ0) is 18.4. The van der Waals surface area contributed by atoms with Crippen LogP contribution in [0.25, 0.3) is 0 Å². The van der Waals surface area contributed by atoms with Gasteiger partial charge in [0.15, 0.2) is 11.8 Å². The van der Waals surface area contributed by atoms with Gasteiger partial charge in [-0.25, -0.2) is 0 Å². The third-order valence-corrected chi connectivity index (χ3v) is 4.64. The first-order valence-corrected chi connectivity index (χ1v) is 7.70. The lowest BCUT2D eigenvalue weighted by Gasteiger charge is -2.43. The highest BCUT2D eigenvalue weighted by atomic mass is 16.6. The first-order valence-electron chi connectivity index (χ1n) is 7.70. The highest BCUT2D eigenvalue weighted by Gasteiger charge is 2.56.